The molecule has 0 radical (unpaired) electrons. The minimum absolute atomic E-state index is 0.826. The quantitative estimate of drug-likeness (QED) is 0.197. The van der Waals surface area contributed by atoms with Gasteiger partial charge in [0.1, 0.15) is 0 Å². The molecule has 4 heteroatoms. The van der Waals surface area contributed by atoms with Crippen molar-refractivity contribution in [2.24, 2.45) is 0 Å². The third-order valence-electron chi connectivity index (χ3n) is 4.65. The summed E-state index contributed by atoms with van der Waals surface area (Å²) < 4.78 is 1.34. The molecule has 0 nitrogen and oxygen atoms in total. The van der Waals surface area contributed by atoms with Gasteiger partial charge in [0.2, 0.25) is 0 Å². The Morgan fingerprint density at radius 3 is 1.88 bits per heavy atom. The molecule has 0 saturated heterocycles. The molecular weight excluding hydrogens is 529 g/mol. The molecule has 0 amide bonds. The molecule has 0 heterocycles. The zero-order chi connectivity index (χ0) is 18.4. The summed E-state index contributed by atoms with van der Waals surface area (Å²) in [5.74, 6) is 0. The van der Waals surface area contributed by atoms with E-state index in [2.05, 4.69) is 94.5 Å². The molecule has 0 unspecified atom stereocenters. The van der Waals surface area contributed by atoms with Crippen molar-refractivity contribution in [2.75, 3.05) is 0 Å². The van der Waals surface area contributed by atoms with Gasteiger partial charge < -0.3 is 0 Å². The van der Waals surface area contributed by atoms with Crippen LogP contribution in [-0.2, 0) is 20.8 Å². The van der Waals surface area contributed by atoms with Gasteiger partial charge in [-0.05, 0) is 3.57 Å². The van der Waals surface area contributed by atoms with E-state index in [1.54, 1.807) is 0 Å². The third-order valence-corrected chi connectivity index (χ3v) is 5.60. The van der Waals surface area contributed by atoms with Crippen molar-refractivity contribution in [3.63, 3.8) is 0 Å². The molecule has 128 valence electrons. The summed E-state index contributed by atoms with van der Waals surface area (Å²) in [6.45, 7) is 13.1. The van der Waals surface area contributed by atoms with Crippen LogP contribution in [0, 0.1) is 45.1 Å². The predicted octanol–water partition coefficient (Wildman–Crippen LogP) is 7.80. The van der Waals surface area contributed by atoms with Crippen molar-refractivity contribution < 1.29 is 20.8 Å². The van der Waals surface area contributed by atoms with Crippen LogP contribution in [0.4, 0.5) is 0 Å². The molecule has 0 aliphatic rings. The molecule has 3 aromatic carbocycles. The Bertz CT molecular complexity index is 719. The monoisotopic (exact) mass is 550 g/mol. The zero-order valence-electron chi connectivity index (χ0n) is 15.0. The van der Waals surface area contributed by atoms with Gasteiger partial charge in [0.05, 0.1) is 0 Å². The van der Waals surface area contributed by atoms with Crippen LogP contribution in [-0.4, -0.2) is 0 Å². The molecule has 24 heavy (non-hydrogen) atoms. The second kappa shape index (κ2) is 10.5. The summed E-state index contributed by atoms with van der Waals surface area (Å²) in [5, 5.41) is 2.74. The van der Waals surface area contributed by atoms with Gasteiger partial charge in [-0.15, -0.1) is 34.5 Å². The molecule has 0 aliphatic carbocycles. The number of rotatable bonds is 0. The van der Waals surface area contributed by atoms with Crippen LogP contribution in [0.3, 0.4) is 0 Å². The summed E-state index contributed by atoms with van der Waals surface area (Å²) in [4.78, 5) is 0. The standard InChI is InChI=1S/C10H8I.C10H15.2ClH.Zr/c1-7-5-8-3-2-4-10(11)9(8)6-7;1-6-7(2)9(4)10(5)8(6)3;;;/h2-6H,1H3;1-5H3;2*1H;/q2*-1;;;+4/p-2. The van der Waals surface area contributed by atoms with Crippen LogP contribution in [0.5, 0.6) is 0 Å². The summed E-state index contributed by atoms with van der Waals surface area (Å²) in [6.07, 6.45) is 0. The fourth-order valence-electron chi connectivity index (χ4n) is 2.75. The number of hydrogen-bond acceptors (Lipinski definition) is 0. The van der Waals surface area contributed by atoms with E-state index < -0.39 is 20.8 Å². The molecule has 0 atom stereocenters. The molecule has 0 N–H and O–H groups in total. The summed E-state index contributed by atoms with van der Waals surface area (Å²) in [7, 11) is 9.87. The van der Waals surface area contributed by atoms with Gasteiger partial charge in [-0.1, -0.05) is 70.2 Å². The average Bonchev–Trinajstić information content (AvgIpc) is 3.00. The molecule has 0 spiro atoms. The van der Waals surface area contributed by atoms with Crippen molar-refractivity contribution in [1.29, 1.82) is 0 Å². The number of aryl methyl sites for hydroxylation is 1. The predicted molar refractivity (Wildman–Crippen MR) is 114 cm³/mol. The fourth-order valence-corrected chi connectivity index (χ4v) is 3.43. The Labute approximate surface area is 178 Å². The summed E-state index contributed by atoms with van der Waals surface area (Å²) >= 11 is 1.55. The maximum absolute atomic E-state index is 4.93. The van der Waals surface area contributed by atoms with Crippen LogP contribution >= 0.6 is 39.6 Å². The van der Waals surface area contributed by atoms with E-state index in [0.717, 1.165) is 0 Å². The summed E-state index contributed by atoms with van der Waals surface area (Å²) in [6, 6.07) is 10.9. The first-order chi connectivity index (χ1) is 11.2. The molecular formula is C20H23Cl2IZr. The topological polar surface area (TPSA) is 0 Å². The van der Waals surface area contributed by atoms with Gasteiger partial charge in [-0.3, -0.25) is 0 Å². The Balaban J connectivity index is 0.000000208. The van der Waals surface area contributed by atoms with Crippen molar-refractivity contribution in [3.05, 3.63) is 67.3 Å². The van der Waals surface area contributed by atoms with E-state index in [-0.39, 0.29) is 0 Å². The van der Waals surface area contributed by atoms with Gasteiger partial charge in [0, 0.05) is 0 Å². The number of halogens is 3. The Morgan fingerprint density at radius 2 is 1.50 bits per heavy atom. The molecule has 0 fully saturated rings. The van der Waals surface area contributed by atoms with Crippen molar-refractivity contribution in [2.45, 2.75) is 41.5 Å². The molecule has 3 aromatic rings. The van der Waals surface area contributed by atoms with Crippen molar-refractivity contribution in [3.8, 4) is 0 Å². The number of fused-ring (bicyclic) bond motifs is 1. The van der Waals surface area contributed by atoms with Crippen molar-refractivity contribution in [1.82, 2.24) is 0 Å². The Morgan fingerprint density at radius 1 is 1.00 bits per heavy atom. The van der Waals surface area contributed by atoms with E-state index in [1.807, 2.05) is 0 Å². The second-order valence-corrected chi connectivity index (χ2v) is 10.9. The van der Waals surface area contributed by atoms with Crippen LogP contribution in [0.25, 0.3) is 10.8 Å². The van der Waals surface area contributed by atoms with Crippen molar-refractivity contribution >= 4 is 50.4 Å². The molecule has 0 bridgehead atoms. The SMILES string of the molecule is Cc1c(C)c(C)[c-](C)c1C.Cc1cc2c(I)cccc2[cH-]1.[Cl][Zr+2][Cl]. The van der Waals surface area contributed by atoms with E-state index in [1.165, 1.54) is 47.7 Å². The van der Waals surface area contributed by atoms with E-state index in [0.29, 0.717) is 0 Å². The zero-order valence-corrected chi connectivity index (χ0v) is 21.1. The van der Waals surface area contributed by atoms with Crippen LogP contribution in [0.15, 0.2) is 30.3 Å². The number of benzene rings is 1. The van der Waals surface area contributed by atoms with Crippen LogP contribution in [0.1, 0.15) is 33.4 Å². The summed E-state index contributed by atoms with van der Waals surface area (Å²) in [5.41, 5.74) is 8.69. The van der Waals surface area contributed by atoms with E-state index in [9.17, 15) is 0 Å². The molecule has 0 aromatic heterocycles. The molecule has 0 saturated carbocycles. The van der Waals surface area contributed by atoms with Crippen LogP contribution in [0.2, 0.25) is 0 Å². The molecule has 3 rings (SSSR count). The first-order valence-electron chi connectivity index (χ1n) is 7.72. The Kier molecular flexibility index (Phi) is 9.81. The third kappa shape index (κ3) is 5.69. The Hall–Kier alpha value is 0.373. The molecule has 0 aliphatic heterocycles. The van der Waals surface area contributed by atoms with Crippen LogP contribution < -0.4 is 0 Å². The second-order valence-electron chi connectivity index (χ2n) is 5.97. The van der Waals surface area contributed by atoms with Gasteiger partial charge in [0.25, 0.3) is 0 Å². The van der Waals surface area contributed by atoms with Gasteiger partial charge in [0.15, 0.2) is 0 Å². The first-order valence-corrected chi connectivity index (χ1v) is 15.1. The minimum atomic E-state index is -0.826. The normalized spacial score (nSPS) is 9.71. The fraction of sp³-hybridized carbons (Fsp3) is 0.300. The van der Waals surface area contributed by atoms with Gasteiger partial charge in [-0.25, -0.2) is 0 Å². The average molecular weight is 552 g/mol. The number of hydrogen-bond donors (Lipinski definition) is 0. The van der Waals surface area contributed by atoms with E-state index in [4.69, 9.17) is 17.0 Å². The maximum atomic E-state index is 4.93. The van der Waals surface area contributed by atoms with Gasteiger partial charge >= 0.3 is 37.9 Å². The van der Waals surface area contributed by atoms with E-state index >= 15 is 0 Å². The first kappa shape index (κ1) is 22.4. The van der Waals surface area contributed by atoms with Gasteiger partial charge in [-0.2, -0.15) is 33.9 Å².